The van der Waals surface area contributed by atoms with Crippen LogP contribution in [0.4, 0.5) is 4.79 Å². The Balaban J connectivity index is 1.39. The third-order valence-corrected chi connectivity index (χ3v) is 4.06. The highest BCUT2D eigenvalue weighted by Gasteiger charge is 2.49. The second kappa shape index (κ2) is 3.60. The van der Waals surface area contributed by atoms with E-state index >= 15 is 0 Å². The number of nitrogens with one attached hydrogen (secondary N) is 1. The van der Waals surface area contributed by atoms with Gasteiger partial charge in [-0.15, -0.1) is 0 Å². The average molecular weight is 224 g/mol. The van der Waals surface area contributed by atoms with Gasteiger partial charge in [0.15, 0.2) is 0 Å². The van der Waals surface area contributed by atoms with Crippen molar-refractivity contribution in [1.82, 2.24) is 15.1 Å². The first-order valence-corrected chi connectivity index (χ1v) is 6.21. The predicted molar refractivity (Wildman–Crippen MR) is 61.1 cm³/mol. The van der Waals surface area contributed by atoms with Crippen molar-refractivity contribution in [3.63, 3.8) is 0 Å². The van der Waals surface area contributed by atoms with Crippen LogP contribution in [0.15, 0.2) is 0 Å². The van der Waals surface area contributed by atoms with Gasteiger partial charge in [0.25, 0.3) is 0 Å². The molecule has 5 nitrogen and oxygen atoms in total. The summed E-state index contributed by atoms with van der Waals surface area (Å²) < 4.78 is 0. The summed E-state index contributed by atoms with van der Waals surface area (Å²) in [7, 11) is 0. The Morgan fingerprint density at radius 3 is 2.69 bits per heavy atom. The van der Waals surface area contributed by atoms with Gasteiger partial charge in [-0.05, 0) is 18.8 Å². The Morgan fingerprint density at radius 2 is 2.12 bits per heavy atom. The molecule has 1 saturated carbocycles. The fourth-order valence-corrected chi connectivity index (χ4v) is 2.85. The predicted octanol–water partition coefficient (Wildman–Crippen LogP) is -0.565. The van der Waals surface area contributed by atoms with Gasteiger partial charge in [0, 0.05) is 44.8 Å². The molecule has 16 heavy (non-hydrogen) atoms. The van der Waals surface area contributed by atoms with Gasteiger partial charge in [0.2, 0.25) is 0 Å². The fraction of sp³-hybridized carbons (Fsp3) is 0.909. The summed E-state index contributed by atoms with van der Waals surface area (Å²) in [6.45, 7) is 5.50. The highest BCUT2D eigenvalue weighted by atomic mass is 16.2. The molecule has 3 rings (SSSR count). The van der Waals surface area contributed by atoms with Crippen molar-refractivity contribution in [2.24, 2.45) is 11.7 Å². The van der Waals surface area contributed by atoms with Gasteiger partial charge in [-0.25, -0.2) is 4.79 Å². The average Bonchev–Trinajstić information content (AvgIpc) is 2.97. The van der Waals surface area contributed by atoms with Gasteiger partial charge in [-0.1, -0.05) is 0 Å². The zero-order valence-corrected chi connectivity index (χ0v) is 9.61. The van der Waals surface area contributed by atoms with E-state index in [0.717, 1.165) is 45.2 Å². The van der Waals surface area contributed by atoms with Gasteiger partial charge >= 0.3 is 6.03 Å². The van der Waals surface area contributed by atoms with Crippen LogP contribution in [0.3, 0.4) is 0 Å². The lowest BCUT2D eigenvalue weighted by Gasteiger charge is -2.48. The van der Waals surface area contributed by atoms with Crippen molar-refractivity contribution >= 4 is 6.03 Å². The second-order valence-electron chi connectivity index (χ2n) is 5.44. The van der Waals surface area contributed by atoms with E-state index in [2.05, 4.69) is 10.2 Å². The maximum absolute atomic E-state index is 11.3. The molecule has 3 aliphatic rings. The number of hydrogen-bond donors (Lipinski definition) is 2. The molecule has 0 aromatic heterocycles. The molecule has 0 radical (unpaired) electrons. The smallest absolute Gasteiger partial charge is 0.317 e. The summed E-state index contributed by atoms with van der Waals surface area (Å²) in [6, 6.07) is 0.0849. The lowest BCUT2D eigenvalue weighted by Crippen LogP contribution is -2.69. The van der Waals surface area contributed by atoms with Crippen molar-refractivity contribution in [2.45, 2.75) is 18.4 Å². The van der Waals surface area contributed by atoms with E-state index < -0.39 is 0 Å². The number of carbonyl (C=O) groups is 1. The number of amides is 2. The fourth-order valence-electron chi connectivity index (χ4n) is 2.85. The van der Waals surface area contributed by atoms with Gasteiger partial charge in [0.1, 0.15) is 0 Å². The first kappa shape index (κ1) is 10.4. The standard InChI is InChI=1S/C11H20N4O/c12-11(9-1-2-9)7-14(8-11)5-6-15-4-3-13-10(15)16/h9H,1-8,12H2,(H,13,16). The molecule has 2 aliphatic heterocycles. The summed E-state index contributed by atoms with van der Waals surface area (Å²) in [5.74, 6) is 0.777. The van der Waals surface area contributed by atoms with Crippen LogP contribution >= 0.6 is 0 Å². The maximum atomic E-state index is 11.3. The number of likely N-dealkylation sites (tertiary alicyclic amines) is 1. The van der Waals surface area contributed by atoms with E-state index in [1.165, 1.54) is 12.8 Å². The summed E-state index contributed by atoms with van der Waals surface area (Å²) in [6.07, 6.45) is 2.64. The molecule has 2 heterocycles. The molecule has 3 N–H and O–H groups in total. The quantitative estimate of drug-likeness (QED) is 0.672. The SMILES string of the molecule is NC1(C2CC2)CN(CCN2CCNC2=O)C1. The third-order valence-electron chi connectivity index (χ3n) is 4.06. The van der Waals surface area contributed by atoms with Gasteiger partial charge in [-0.2, -0.15) is 0 Å². The molecule has 0 atom stereocenters. The molecule has 0 aromatic rings. The third kappa shape index (κ3) is 1.78. The molecular formula is C11H20N4O. The van der Waals surface area contributed by atoms with E-state index in [0.29, 0.717) is 0 Å². The van der Waals surface area contributed by atoms with E-state index in [9.17, 15) is 4.79 Å². The molecule has 0 aromatic carbocycles. The number of nitrogens with two attached hydrogens (primary N) is 1. The number of hydrogen-bond acceptors (Lipinski definition) is 3. The van der Waals surface area contributed by atoms with E-state index in [-0.39, 0.29) is 11.6 Å². The zero-order chi connectivity index (χ0) is 11.2. The van der Waals surface area contributed by atoms with Crippen LogP contribution in [0.5, 0.6) is 0 Å². The van der Waals surface area contributed by atoms with Crippen LogP contribution in [0, 0.1) is 5.92 Å². The molecule has 0 unspecified atom stereocenters. The first-order chi connectivity index (χ1) is 7.67. The monoisotopic (exact) mass is 224 g/mol. The van der Waals surface area contributed by atoms with Crippen LogP contribution in [0.1, 0.15) is 12.8 Å². The highest BCUT2D eigenvalue weighted by molar-refractivity contribution is 5.76. The first-order valence-electron chi connectivity index (χ1n) is 6.21. The molecule has 5 heteroatoms. The molecule has 0 bridgehead atoms. The number of nitrogens with zero attached hydrogens (tertiary/aromatic N) is 2. The van der Waals surface area contributed by atoms with Crippen LogP contribution in [-0.4, -0.2) is 60.6 Å². The van der Waals surface area contributed by atoms with Crippen molar-refractivity contribution in [1.29, 1.82) is 0 Å². The van der Waals surface area contributed by atoms with Crippen LogP contribution in [-0.2, 0) is 0 Å². The van der Waals surface area contributed by atoms with Crippen LogP contribution in [0.2, 0.25) is 0 Å². The van der Waals surface area contributed by atoms with Gasteiger partial charge in [-0.3, -0.25) is 4.90 Å². The largest absolute Gasteiger partial charge is 0.336 e. The molecule has 90 valence electrons. The van der Waals surface area contributed by atoms with E-state index in [4.69, 9.17) is 5.73 Å². The van der Waals surface area contributed by atoms with Crippen molar-refractivity contribution in [2.75, 3.05) is 39.3 Å². The lowest BCUT2D eigenvalue weighted by molar-refractivity contribution is 0.0499. The Morgan fingerprint density at radius 1 is 1.38 bits per heavy atom. The minimum atomic E-state index is 0.0849. The topological polar surface area (TPSA) is 61.6 Å². The van der Waals surface area contributed by atoms with Crippen molar-refractivity contribution < 1.29 is 4.79 Å². The Labute approximate surface area is 95.9 Å². The maximum Gasteiger partial charge on any atom is 0.317 e. The number of rotatable bonds is 4. The molecular weight excluding hydrogens is 204 g/mol. The molecule has 2 amide bonds. The number of carbonyl (C=O) groups excluding carboxylic acids is 1. The Bertz CT molecular complexity index is 296. The molecule has 2 saturated heterocycles. The zero-order valence-electron chi connectivity index (χ0n) is 9.61. The lowest BCUT2D eigenvalue weighted by atomic mass is 9.86. The molecule has 1 aliphatic carbocycles. The summed E-state index contributed by atoms with van der Waals surface area (Å²) >= 11 is 0. The minimum absolute atomic E-state index is 0.0849. The van der Waals surface area contributed by atoms with Crippen molar-refractivity contribution in [3.05, 3.63) is 0 Å². The molecule has 3 fully saturated rings. The Kier molecular flexibility index (Phi) is 2.33. The highest BCUT2D eigenvalue weighted by Crippen LogP contribution is 2.42. The minimum Gasteiger partial charge on any atom is -0.336 e. The van der Waals surface area contributed by atoms with E-state index in [1.54, 1.807) is 0 Å². The summed E-state index contributed by atoms with van der Waals surface area (Å²) in [5.41, 5.74) is 6.38. The number of urea groups is 1. The summed E-state index contributed by atoms with van der Waals surface area (Å²) in [5, 5.41) is 2.82. The Hall–Kier alpha value is -0.810. The van der Waals surface area contributed by atoms with Crippen LogP contribution < -0.4 is 11.1 Å². The van der Waals surface area contributed by atoms with Gasteiger partial charge < -0.3 is 16.0 Å². The molecule has 0 spiro atoms. The van der Waals surface area contributed by atoms with Gasteiger partial charge in [0.05, 0.1) is 0 Å². The van der Waals surface area contributed by atoms with E-state index in [1.807, 2.05) is 4.90 Å². The van der Waals surface area contributed by atoms with Crippen molar-refractivity contribution in [3.8, 4) is 0 Å². The van der Waals surface area contributed by atoms with Crippen LogP contribution in [0.25, 0.3) is 0 Å². The second-order valence-corrected chi connectivity index (χ2v) is 5.44. The normalized spacial score (nSPS) is 29.1. The summed E-state index contributed by atoms with van der Waals surface area (Å²) in [4.78, 5) is 15.6.